The maximum absolute atomic E-state index is 13.5. The van der Waals surface area contributed by atoms with Crippen LogP contribution in [-0.2, 0) is 0 Å². The summed E-state index contributed by atoms with van der Waals surface area (Å²) in [7, 11) is 0. The standard InChI is InChI=1S/C13H14FN3OS/c1-8-2-3-9(6-10(8)14)12-16-13(18-17-12)11-7-19-5-4-15-11/h2-3,6,11,15H,4-5,7H2,1H3. The van der Waals surface area contributed by atoms with Gasteiger partial charge in [0.05, 0.1) is 6.04 Å². The maximum Gasteiger partial charge on any atom is 0.244 e. The number of nitrogens with zero attached hydrogens (tertiary/aromatic N) is 2. The summed E-state index contributed by atoms with van der Waals surface area (Å²) in [5.74, 6) is 2.77. The van der Waals surface area contributed by atoms with Crippen molar-refractivity contribution in [1.29, 1.82) is 0 Å². The number of benzene rings is 1. The third-order valence-corrected chi connectivity index (χ3v) is 4.15. The Kier molecular flexibility index (Phi) is 3.52. The molecule has 0 spiro atoms. The molecule has 2 heterocycles. The van der Waals surface area contributed by atoms with Gasteiger partial charge < -0.3 is 9.84 Å². The number of nitrogens with one attached hydrogen (secondary N) is 1. The van der Waals surface area contributed by atoms with E-state index in [4.69, 9.17) is 4.52 Å². The highest BCUT2D eigenvalue weighted by atomic mass is 32.2. The van der Waals surface area contributed by atoms with Crippen molar-refractivity contribution in [3.05, 3.63) is 35.5 Å². The van der Waals surface area contributed by atoms with E-state index in [-0.39, 0.29) is 11.9 Å². The Labute approximate surface area is 114 Å². The average molecular weight is 279 g/mol. The molecule has 2 aromatic rings. The predicted molar refractivity (Wildman–Crippen MR) is 72.5 cm³/mol. The first-order chi connectivity index (χ1) is 9.24. The molecule has 0 radical (unpaired) electrons. The molecule has 0 bridgehead atoms. The van der Waals surface area contributed by atoms with Gasteiger partial charge in [0.1, 0.15) is 5.82 Å². The lowest BCUT2D eigenvalue weighted by atomic mass is 10.1. The molecule has 3 rings (SSSR count). The molecule has 1 fully saturated rings. The zero-order valence-electron chi connectivity index (χ0n) is 10.5. The molecule has 100 valence electrons. The van der Waals surface area contributed by atoms with Crippen molar-refractivity contribution in [2.75, 3.05) is 18.1 Å². The molecule has 1 aliphatic heterocycles. The minimum atomic E-state index is -0.254. The second kappa shape index (κ2) is 5.30. The van der Waals surface area contributed by atoms with Crippen molar-refractivity contribution in [2.24, 2.45) is 0 Å². The van der Waals surface area contributed by atoms with Crippen molar-refractivity contribution in [3.63, 3.8) is 0 Å². The van der Waals surface area contributed by atoms with Gasteiger partial charge in [0.25, 0.3) is 0 Å². The zero-order chi connectivity index (χ0) is 13.2. The Hall–Kier alpha value is -1.40. The first-order valence-electron chi connectivity index (χ1n) is 6.15. The number of thioether (sulfide) groups is 1. The topological polar surface area (TPSA) is 51.0 Å². The molecule has 0 amide bonds. The molecule has 1 aliphatic rings. The first-order valence-corrected chi connectivity index (χ1v) is 7.31. The van der Waals surface area contributed by atoms with Gasteiger partial charge in [-0.3, -0.25) is 0 Å². The highest BCUT2D eigenvalue weighted by Gasteiger charge is 2.21. The lowest BCUT2D eigenvalue weighted by molar-refractivity contribution is 0.342. The van der Waals surface area contributed by atoms with Crippen LogP contribution in [0.15, 0.2) is 22.7 Å². The van der Waals surface area contributed by atoms with Crippen LogP contribution < -0.4 is 5.32 Å². The molecule has 1 N–H and O–H groups in total. The van der Waals surface area contributed by atoms with Crippen molar-refractivity contribution in [3.8, 4) is 11.4 Å². The van der Waals surface area contributed by atoms with Gasteiger partial charge in [0.2, 0.25) is 11.7 Å². The summed E-state index contributed by atoms with van der Waals surface area (Å²) in [6, 6.07) is 5.05. The predicted octanol–water partition coefficient (Wildman–Crippen LogP) is 2.56. The molecular weight excluding hydrogens is 265 g/mol. The monoisotopic (exact) mass is 279 g/mol. The highest BCUT2D eigenvalue weighted by molar-refractivity contribution is 7.99. The van der Waals surface area contributed by atoms with Gasteiger partial charge in [-0.15, -0.1) is 0 Å². The smallest absolute Gasteiger partial charge is 0.244 e. The van der Waals surface area contributed by atoms with E-state index in [1.807, 2.05) is 11.8 Å². The molecule has 0 saturated carbocycles. The van der Waals surface area contributed by atoms with Crippen molar-refractivity contribution in [1.82, 2.24) is 15.5 Å². The van der Waals surface area contributed by atoms with Crippen LogP contribution in [-0.4, -0.2) is 28.2 Å². The quantitative estimate of drug-likeness (QED) is 0.915. The van der Waals surface area contributed by atoms with E-state index in [1.165, 1.54) is 6.07 Å². The van der Waals surface area contributed by atoms with Gasteiger partial charge in [-0.2, -0.15) is 16.7 Å². The van der Waals surface area contributed by atoms with Crippen molar-refractivity contribution < 1.29 is 8.91 Å². The third kappa shape index (κ3) is 2.64. The minimum Gasteiger partial charge on any atom is -0.337 e. The normalized spacial score (nSPS) is 19.6. The summed E-state index contributed by atoms with van der Waals surface area (Å²) in [5.41, 5.74) is 1.25. The zero-order valence-corrected chi connectivity index (χ0v) is 11.3. The average Bonchev–Trinajstić information content (AvgIpc) is 2.93. The largest absolute Gasteiger partial charge is 0.337 e. The molecule has 1 aromatic carbocycles. The van der Waals surface area contributed by atoms with E-state index in [0.717, 1.165) is 18.1 Å². The summed E-state index contributed by atoms with van der Waals surface area (Å²) in [5, 5.41) is 7.26. The van der Waals surface area contributed by atoms with E-state index in [1.54, 1.807) is 19.1 Å². The molecule has 6 heteroatoms. The number of rotatable bonds is 2. The van der Waals surface area contributed by atoms with E-state index in [0.29, 0.717) is 22.8 Å². The highest BCUT2D eigenvalue weighted by Crippen LogP contribution is 2.24. The fourth-order valence-corrected chi connectivity index (χ4v) is 2.87. The lowest BCUT2D eigenvalue weighted by Crippen LogP contribution is -2.30. The van der Waals surface area contributed by atoms with Gasteiger partial charge in [0, 0.05) is 23.6 Å². The SMILES string of the molecule is Cc1ccc(-c2noc(C3CSCCN3)n2)cc1F. The Morgan fingerprint density at radius 2 is 2.37 bits per heavy atom. The van der Waals surface area contributed by atoms with Crippen LogP contribution in [0.4, 0.5) is 4.39 Å². The number of hydrogen-bond donors (Lipinski definition) is 1. The fraction of sp³-hybridized carbons (Fsp3) is 0.385. The van der Waals surface area contributed by atoms with Crippen LogP contribution >= 0.6 is 11.8 Å². The van der Waals surface area contributed by atoms with Crippen LogP contribution in [0.25, 0.3) is 11.4 Å². The summed E-state index contributed by atoms with van der Waals surface area (Å²) >= 11 is 1.86. The van der Waals surface area contributed by atoms with E-state index in [9.17, 15) is 4.39 Å². The third-order valence-electron chi connectivity index (χ3n) is 3.09. The number of halogens is 1. The second-order valence-corrected chi connectivity index (χ2v) is 5.65. The van der Waals surface area contributed by atoms with Crippen LogP contribution in [0.2, 0.25) is 0 Å². The minimum absolute atomic E-state index is 0.0929. The van der Waals surface area contributed by atoms with Crippen molar-refractivity contribution >= 4 is 11.8 Å². The molecule has 1 aromatic heterocycles. The summed E-state index contributed by atoms with van der Waals surface area (Å²) in [4.78, 5) is 4.35. The van der Waals surface area contributed by atoms with Crippen molar-refractivity contribution in [2.45, 2.75) is 13.0 Å². The van der Waals surface area contributed by atoms with Crippen LogP contribution in [0.1, 0.15) is 17.5 Å². The van der Waals surface area contributed by atoms with Crippen LogP contribution in [0.3, 0.4) is 0 Å². The lowest BCUT2D eigenvalue weighted by Gasteiger charge is -2.19. The van der Waals surface area contributed by atoms with E-state index < -0.39 is 0 Å². The number of aromatic nitrogens is 2. The van der Waals surface area contributed by atoms with Crippen LogP contribution in [0, 0.1) is 12.7 Å². The van der Waals surface area contributed by atoms with E-state index in [2.05, 4.69) is 15.5 Å². The Balaban J connectivity index is 1.85. The number of aryl methyl sites for hydroxylation is 1. The second-order valence-electron chi connectivity index (χ2n) is 4.50. The van der Waals surface area contributed by atoms with Gasteiger partial charge in [-0.1, -0.05) is 17.3 Å². The summed E-state index contributed by atoms with van der Waals surface area (Å²) < 4.78 is 18.8. The Morgan fingerprint density at radius 1 is 1.47 bits per heavy atom. The molecule has 19 heavy (non-hydrogen) atoms. The molecule has 1 atom stereocenters. The molecule has 1 unspecified atom stereocenters. The number of hydrogen-bond acceptors (Lipinski definition) is 5. The summed E-state index contributed by atoms with van der Waals surface area (Å²) in [6.07, 6.45) is 0. The molecule has 4 nitrogen and oxygen atoms in total. The van der Waals surface area contributed by atoms with Gasteiger partial charge in [0.15, 0.2) is 0 Å². The van der Waals surface area contributed by atoms with Gasteiger partial charge in [-0.05, 0) is 18.6 Å². The summed E-state index contributed by atoms with van der Waals surface area (Å²) in [6.45, 7) is 2.66. The van der Waals surface area contributed by atoms with Gasteiger partial charge in [-0.25, -0.2) is 4.39 Å². The van der Waals surface area contributed by atoms with E-state index >= 15 is 0 Å². The molecule has 0 aliphatic carbocycles. The maximum atomic E-state index is 13.5. The Bertz CT molecular complexity index is 581. The first kappa shape index (κ1) is 12.6. The van der Waals surface area contributed by atoms with Gasteiger partial charge >= 0.3 is 0 Å². The van der Waals surface area contributed by atoms with Crippen LogP contribution in [0.5, 0.6) is 0 Å². The Morgan fingerprint density at radius 3 is 3.11 bits per heavy atom. The fourth-order valence-electron chi connectivity index (χ4n) is 1.95. The molecule has 1 saturated heterocycles. The molecular formula is C13H14FN3OS.